The Morgan fingerprint density at radius 2 is 1.72 bits per heavy atom. The Bertz CT molecular complexity index is 707. The first-order chi connectivity index (χ1) is 11.7. The van der Waals surface area contributed by atoms with E-state index in [0.29, 0.717) is 5.69 Å². The zero-order valence-corrected chi connectivity index (χ0v) is 16.5. The molecule has 1 aromatic rings. The minimum atomic E-state index is -3.57. The molecule has 1 aromatic carbocycles. The predicted octanol–water partition coefficient (Wildman–Crippen LogP) is 3.30. The highest BCUT2D eigenvalue weighted by Crippen LogP contribution is 2.24. The maximum atomic E-state index is 12.7. The van der Waals surface area contributed by atoms with Crippen molar-refractivity contribution in [1.29, 1.82) is 0 Å². The third-order valence-corrected chi connectivity index (χ3v) is 6.28. The lowest BCUT2D eigenvalue weighted by Crippen LogP contribution is -2.50. The van der Waals surface area contributed by atoms with Gasteiger partial charge in [0.05, 0.1) is 11.9 Å². The summed E-state index contributed by atoms with van der Waals surface area (Å²) in [7, 11) is -3.57. The summed E-state index contributed by atoms with van der Waals surface area (Å²) in [6.45, 7) is 5.57. The minimum Gasteiger partial charge on any atom is -0.352 e. The fourth-order valence-corrected chi connectivity index (χ4v) is 4.58. The summed E-state index contributed by atoms with van der Waals surface area (Å²) in [5, 5.41) is 3.06. The van der Waals surface area contributed by atoms with Crippen LogP contribution >= 0.6 is 0 Å². The summed E-state index contributed by atoms with van der Waals surface area (Å²) < 4.78 is 26.0. The highest BCUT2D eigenvalue weighted by Gasteiger charge is 2.30. The first kappa shape index (κ1) is 19.8. The number of nitrogens with one attached hydrogen (secondary N) is 1. The van der Waals surface area contributed by atoms with Gasteiger partial charge in [0.25, 0.3) is 0 Å². The van der Waals surface area contributed by atoms with Crippen molar-refractivity contribution in [2.24, 2.45) is 0 Å². The molecule has 6 heteroatoms. The largest absolute Gasteiger partial charge is 0.352 e. The number of nitrogens with zero attached hydrogens (tertiary/aromatic N) is 1. The van der Waals surface area contributed by atoms with Gasteiger partial charge in [0.1, 0.15) is 6.04 Å². The number of hydrogen-bond acceptors (Lipinski definition) is 3. The number of hydrogen-bond donors (Lipinski definition) is 1. The monoisotopic (exact) mass is 366 g/mol. The molecule has 1 fully saturated rings. The van der Waals surface area contributed by atoms with Crippen LogP contribution in [0.4, 0.5) is 5.69 Å². The number of carbonyl (C=O) groups is 1. The number of aryl methyl sites for hydroxylation is 2. The molecule has 0 radical (unpaired) electrons. The highest BCUT2D eigenvalue weighted by molar-refractivity contribution is 7.92. The standard InChI is InChI=1S/C19H30N2O3S/c1-14-11-12-18(13-15(14)2)21(25(4,23)24)16(3)19(22)20-17-9-7-5-6-8-10-17/h11-13,16-17H,5-10H2,1-4H3,(H,20,22)/t16-/m1/s1. The molecule has 1 aliphatic carbocycles. The Morgan fingerprint density at radius 1 is 1.12 bits per heavy atom. The van der Waals surface area contributed by atoms with Crippen molar-refractivity contribution in [3.05, 3.63) is 29.3 Å². The van der Waals surface area contributed by atoms with E-state index in [-0.39, 0.29) is 11.9 Å². The van der Waals surface area contributed by atoms with E-state index in [1.165, 1.54) is 17.1 Å². The van der Waals surface area contributed by atoms with Crippen molar-refractivity contribution in [1.82, 2.24) is 5.32 Å². The second-order valence-electron chi connectivity index (χ2n) is 7.20. The molecule has 0 saturated heterocycles. The van der Waals surface area contributed by atoms with E-state index < -0.39 is 16.1 Å². The molecule has 0 unspecified atom stereocenters. The van der Waals surface area contributed by atoms with Crippen LogP contribution in [0.25, 0.3) is 0 Å². The summed E-state index contributed by atoms with van der Waals surface area (Å²) in [6, 6.07) is 4.85. The van der Waals surface area contributed by atoms with Crippen molar-refractivity contribution in [3.63, 3.8) is 0 Å². The summed E-state index contributed by atoms with van der Waals surface area (Å²) in [5.41, 5.74) is 2.63. The van der Waals surface area contributed by atoms with Crippen LogP contribution in [0.15, 0.2) is 18.2 Å². The van der Waals surface area contributed by atoms with E-state index in [4.69, 9.17) is 0 Å². The number of benzene rings is 1. The Hall–Kier alpha value is -1.56. The Labute approximate surface area is 151 Å². The van der Waals surface area contributed by atoms with Crippen LogP contribution in [-0.2, 0) is 14.8 Å². The third-order valence-electron chi connectivity index (χ3n) is 5.04. The van der Waals surface area contributed by atoms with Crippen molar-refractivity contribution >= 4 is 21.6 Å². The molecule has 140 valence electrons. The summed E-state index contributed by atoms with van der Waals surface area (Å²) in [5.74, 6) is -0.226. The van der Waals surface area contributed by atoms with Crippen LogP contribution < -0.4 is 9.62 Å². The van der Waals surface area contributed by atoms with Gasteiger partial charge in [-0.1, -0.05) is 31.7 Å². The van der Waals surface area contributed by atoms with Crippen LogP contribution in [0.3, 0.4) is 0 Å². The fourth-order valence-electron chi connectivity index (χ4n) is 3.42. The Kier molecular flexibility index (Phi) is 6.49. The summed E-state index contributed by atoms with van der Waals surface area (Å²) >= 11 is 0. The second kappa shape index (κ2) is 8.21. The van der Waals surface area contributed by atoms with E-state index in [9.17, 15) is 13.2 Å². The molecular weight excluding hydrogens is 336 g/mol. The van der Waals surface area contributed by atoms with Gasteiger partial charge in [0, 0.05) is 6.04 Å². The fraction of sp³-hybridized carbons (Fsp3) is 0.632. The molecule has 1 aliphatic rings. The maximum Gasteiger partial charge on any atom is 0.243 e. The van der Waals surface area contributed by atoms with Crippen molar-refractivity contribution < 1.29 is 13.2 Å². The number of sulfonamides is 1. The van der Waals surface area contributed by atoms with Gasteiger partial charge < -0.3 is 5.32 Å². The number of anilines is 1. The average molecular weight is 367 g/mol. The average Bonchev–Trinajstić information content (AvgIpc) is 2.78. The first-order valence-corrected chi connectivity index (χ1v) is 10.9. The zero-order chi connectivity index (χ0) is 18.6. The summed E-state index contributed by atoms with van der Waals surface area (Å²) in [6.07, 6.45) is 7.75. The molecule has 1 N–H and O–H groups in total. The van der Waals surface area contributed by atoms with Gasteiger partial charge >= 0.3 is 0 Å². The lowest BCUT2D eigenvalue weighted by Gasteiger charge is -2.30. The van der Waals surface area contributed by atoms with Gasteiger partial charge in [-0.3, -0.25) is 9.10 Å². The van der Waals surface area contributed by atoms with Crippen LogP contribution in [0.1, 0.15) is 56.6 Å². The molecule has 0 spiro atoms. The number of carbonyl (C=O) groups excluding carboxylic acids is 1. The van der Waals surface area contributed by atoms with Crippen LogP contribution in [0.2, 0.25) is 0 Å². The van der Waals surface area contributed by atoms with Gasteiger partial charge in [0.15, 0.2) is 0 Å². The highest BCUT2D eigenvalue weighted by atomic mass is 32.2. The van der Waals surface area contributed by atoms with Crippen molar-refractivity contribution in [2.45, 2.75) is 71.4 Å². The molecule has 25 heavy (non-hydrogen) atoms. The van der Waals surface area contributed by atoms with Crippen molar-refractivity contribution in [3.8, 4) is 0 Å². The van der Waals surface area contributed by atoms with Crippen LogP contribution in [-0.4, -0.2) is 32.7 Å². The third kappa shape index (κ3) is 5.21. The maximum absolute atomic E-state index is 12.7. The first-order valence-electron chi connectivity index (χ1n) is 9.07. The van der Waals surface area contributed by atoms with Crippen LogP contribution in [0, 0.1) is 13.8 Å². The molecule has 5 nitrogen and oxygen atoms in total. The van der Waals surface area contributed by atoms with Crippen LogP contribution in [0.5, 0.6) is 0 Å². The Balaban J connectivity index is 2.21. The van der Waals surface area contributed by atoms with Gasteiger partial charge in [-0.25, -0.2) is 8.42 Å². The van der Waals surface area contributed by atoms with E-state index in [1.807, 2.05) is 26.0 Å². The van der Waals surface area contributed by atoms with E-state index >= 15 is 0 Å². The smallest absolute Gasteiger partial charge is 0.243 e. The molecule has 2 rings (SSSR count). The normalized spacial score (nSPS) is 17.6. The van der Waals surface area contributed by atoms with Gasteiger partial charge in [-0.2, -0.15) is 0 Å². The molecule has 1 atom stereocenters. The lowest BCUT2D eigenvalue weighted by molar-refractivity contribution is -0.122. The molecule has 1 amide bonds. The minimum absolute atomic E-state index is 0.151. The van der Waals surface area contributed by atoms with E-state index in [1.54, 1.807) is 13.0 Å². The molecule has 0 bridgehead atoms. The molecule has 0 aromatic heterocycles. The van der Waals surface area contributed by atoms with Gasteiger partial charge in [0.2, 0.25) is 15.9 Å². The zero-order valence-electron chi connectivity index (χ0n) is 15.7. The predicted molar refractivity (Wildman–Crippen MR) is 102 cm³/mol. The van der Waals surface area contributed by atoms with Gasteiger partial charge in [-0.15, -0.1) is 0 Å². The van der Waals surface area contributed by atoms with E-state index in [2.05, 4.69) is 5.32 Å². The SMILES string of the molecule is Cc1ccc(N([C@H](C)C(=O)NC2CCCCCC2)S(C)(=O)=O)cc1C. The molecule has 0 aliphatic heterocycles. The van der Waals surface area contributed by atoms with E-state index in [0.717, 1.165) is 43.1 Å². The quantitative estimate of drug-likeness (QED) is 0.813. The molecule has 0 heterocycles. The second-order valence-corrected chi connectivity index (χ2v) is 9.06. The lowest BCUT2D eigenvalue weighted by atomic mass is 10.1. The van der Waals surface area contributed by atoms with Gasteiger partial charge in [-0.05, 0) is 56.9 Å². The molecular formula is C19H30N2O3S. The topological polar surface area (TPSA) is 66.5 Å². The number of rotatable bonds is 5. The molecule has 1 saturated carbocycles. The Morgan fingerprint density at radius 3 is 2.24 bits per heavy atom. The summed E-state index contributed by atoms with van der Waals surface area (Å²) in [4.78, 5) is 12.7. The van der Waals surface area contributed by atoms with Crippen molar-refractivity contribution in [2.75, 3.05) is 10.6 Å². The number of amides is 1.